The second-order valence-electron chi connectivity index (χ2n) is 4.96. The van der Waals surface area contributed by atoms with Crippen molar-refractivity contribution >= 4 is 17.3 Å². The Kier molecular flexibility index (Phi) is 4.55. The van der Waals surface area contributed by atoms with Gasteiger partial charge in [-0.15, -0.1) is 0 Å². The lowest BCUT2D eigenvalue weighted by atomic mass is 9.95. The number of nitrogens with zero attached hydrogens (tertiary/aromatic N) is 1. The van der Waals surface area contributed by atoms with Gasteiger partial charge in [-0.1, -0.05) is 19.3 Å². The van der Waals surface area contributed by atoms with E-state index in [1.54, 1.807) is 12.1 Å². The summed E-state index contributed by atoms with van der Waals surface area (Å²) in [5.74, 6) is -0.572. The number of nitrogens with one attached hydrogen (secondary N) is 1. The molecule has 1 aliphatic rings. The first-order valence-corrected chi connectivity index (χ1v) is 6.75. The number of methoxy groups -OCH3 is 1. The molecule has 0 spiro atoms. The van der Waals surface area contributed by atoms with Crippen LogP contribution in [0.5, 0.6) is 0 Å². The Hall–Kier alpha value is -2.11. The SMILES string of the molecule is COC(=O)c1ccc(NC2CCCCC2)c([N+](=O)[O-])c1. The van der Waals surface area contributed by atoms with Crippen LogP contribution in [-0.4, -0.2) is 24.0 Å². The van der Waals surface area contributed by atoms with E-state index in [1.807, 2.05) is 0 Å². The Morgan fingerprint density at radius 3 is 2.65 bits per heavy atom. The summed E-state index contributed by atoms with van der Waals surface area (Å²) in [4.78, 5) is 22.1. The van der Waals surface area contributed by atoms with Gasteiger partial charge in [-0.25, -0.2) is 4.79 Å². The monoisotopic (exact) mass is 278 g/mol. The van der Waals surface area contributed by atoms with Crippen molar-refractivity contribution < 1.29 is 14.5 Å². The number of carbonyl (C=O) groups excluding carboxylic acids is 1. The minimum Gasteiger partial charge on any atom is -0.465 e. The van der Waals surface area contributed by atoms with E-state index >= 15 is 0 Å². The molecular weight excluding hydrogens is 260 g/mol. The maximum absolute atomic E-state index is 11.4. The molecule has 1 N–H and O–H groups in total. The summed E-state index contributed by atoms with van der Waals surface area (Å²) in [6.07, 6.45) is 5.56. The Labute approximate surface area is 117 Å². The average Bonchev–Trinajstić information content (AvgIpc) is 2.47. The Morgan fingerprint density at radius 1 is 1.35 bits per heavy atom. The average molecular weight is 278 g/mol. The van der Waals surface area contributed by atoms with Crippen LogP contribution in [0.2, 0.25) is 0 Å². The van der Waals surface area contributed by atoms with Crippen molar-refractivity contribution in [3.63, 3.8) is 0 Å². The molecule has 0 aromatic heterocycles. The molecule has 0 saturated heterocycles. The Balaban J connectivity index is 2.23. The van der Waals surface area contributed by atoms with Gasteiger partial charge in [0.05, 0.1) is 17.6 Å². The summed E-state index contributed by atoms with van der Waals surface area (Å²) in [6, 6.07) is 4.66. The molecule has 108 valence electrons. The minimum absolute atomic E-state index is 0.0847. The van der Waals surface area contributed by atoms with Crippen LogP contribution >= 0.6 is 0 Å². The lowest BCUT2D eigenvalue weighted by Gasteiger charge is -2.23. The van der Waals surface area contributed by atoms with E-state index in [9.17, 15) is 14.9 Å². The number of nitro groups is 1. The van der Waals surface area contributed by atoms with Gasteiger partial charge in [-0.2, -0.15) is 0 Å². The lowest BCUT2D eigenvalue weighted by Crippen LogP contribution is -2.22. The standard InChI is InChI=1S/C14H18N2O4/c1-20-14(17)10-7-8-12(13(9-10)16(18)19)15-11-5-3-2-4-6-11/h7-9,11,15H,2-6H2,1H3. The van der Waals surface area contributed by atoms with E-state index in [4.69, 9.17) is 0 Å². The van der Waals surface area contributed by atoms with E-state index < -0.39 is 10.9 Å². The van der Waals surface area contributed by atoms with Crippen molar-refractivity contribution in [2.45, 2.75) is 38.1 Å². The third-order valence-corrected chi connectivity index (χ3v) is 3.58. The number of hydrogen-bond donors (Lipinski definition) is 1. The first-order valence-electron chi connectivity index (χ1n) is 6.75. The summed E-state index contributed by atoms with van der Waals surface area (Å²) >= 11 is 0. The molecule has 0 heterocycles. The van der Waals surface area contributed by atoms with E-state index in [1.165, 1.54) is 19.6 Å². The molecule has 6 nitrogen and oxygen atoms in total. The Morgan fingerprint density at radius 2 is 2.05 bits per heavy atom. The smallest absolute Gasteiger partial charge is 0.338 e. The van der Waals surface area contributed by atoms with Gasteiger partial charge >= 0.3 is 5.97 Å². The first kappa shape index (κ1) is 14.3. The van der Waals surface area contributed by atoms with E-state index in [0.29, 0.717) is 5.69 Å². The molecule has 0 unspecified atom stereocenters. The van der Waals surface area contributed by atoms with Crippen LogP contribution in [0.25, 0.3) is 0 Å². The van der Waals surface area contributed by atoms with Gasteiger partial charge in [-0.3, -0.25) is 10.1 Å². The van der Waals surface area contributed by atoms with Gasteiger partial charge in [0.15, 0.2) is 0 Å². The van der Waals surface area contributed by atoms with E-state index in [0.717, 1.165) is 25.7 Å². The van der Waals surface area contributed by atoms with Crippen LogP contribution in [0.4, 0.5) is 11.4 Å². The first-order chi connectivity index (χ1) is 9.61. The summed E-state index contributed by atoms with van der Waals surface area (Å²) in [6.45, 7) is 0. The number of hydrogen-bond acceptors (Lipinski definition) is 5. The van der Waals surface area contributed by atoms with Crippen molar-refractivity contribution in [3.05, 3.63) is 33.9 Å². The highest BCUT2D eigenvalue weighted by Crippen LogP contribution is 2.29. The lowest BCUT2D eigenvalue weighted by molar-refractivity contribution is -0.384. The number of ether oxygens (including phenoxy) is 1. The van der Waals surface area contributed by atoms with Crippen LogP contribution in [0.1, 0.15) is 42.5 Å². The Bertz CT molecular complexity index is 510. The number of anilines is 1. The van der Waals surface area contributed by atoms with Gasteiger partial charge in [0, 0.05) is 12.1 Å². The number of benzene rings is 1. The zero-order chi connectivity index (χ0) is 14.5. The molecule has 1 aromatic carbocycles. The van der Waals surface area contributed by atoms with Crippen molar-refractivity contribution in [1.29, 1.82) is 0 Å². The van der Waals surface area contributed by atoms with Gasteiger partial charge in [0.2, 0.25) is 0 Å². The zero-order valence-corrected chi connectivity index (χ0v) is 11.4. The molecule has 0 radical (unpaired) electrons. The summed E-state index contributed by atoms with van der Waals surface area (Å²) in [7, 11) is 1.25. The molecule has 0 aliphatic heterocycles. The molecule has 1 aliphatic carbocycles. The number of rotatable bonds is 4. The molecule has 20 heavy (non-hydrogen) atoms. The normalized spacial score (nSPS) is 15.7. The summed E-state index contributed by atoms with van der Waals surface area (Å²) in [5.41, 5.74) is 0.571. The number of nitro benzene ring substituents is 1. The predicted molar refractivity (Wildman–Crippen MR) is 74.9 cm³/mol. The van der Waals surface area contributed by atoms with Gasteiger partial charge in [0.1, 0.15) is 5.69 Å². The fourth-order valence-electron chi connectivity index (χ4n) is 2.52. The highest BCUT2D eigenvalue weighted by atomic mass is 16.6. The quantitative estimate of drug-likeness (QED) is 0.520. The van der Waals surface area contributed by atoms with Gasteiger partial charge in [-0.05, 0) is 25.0 Å². The fraction of sp³-hybridized carbons (Fsp3) is 0.500. The zero-order valence-electron chi connectivity index (χ0n) is 11.4. The summed E-state index contributed by atoms with van der Waals surface area (Å²) in [5, 5.41) is 14.4. The third-order valence-electron chi connectivity index (χ3n) is 3.58. The van der Waals surface area contributed by atoms with Crippen LogP contribution in [-0.2, 0) is 4.74 Å². The molecule has 1 aromatic rings. The second kappa shape index (κ2) is 6.36. The van der Waals surface area contributed by atoms with Crippen molar-refractivity contribution in [3.8, 4) is 0 Å². The largest absolute Gasteiger partial charge is 0.465 e. The van der Waals surface area contributed by atoms with E-state index in [2.05, 4.69) is 10.1 Å². The molecule has 0 bridgehead atoms. The van der Waals surface area contributed by atoms with Crippen molar-refractivity contribution in [1.82, 2.24) is 0 Å². The molecule has 1 saturated carbocycles. The van der Waals surface area contributed by atoms with E-state index in [-0.39, 0.29) is 17.3 Å². The molecule has 0 atom stereocenters. The van der Waals surface area contributed by atoms with Crippen LogP contribution in [0.15, 0.2) is 18.2 Å². The molecule has 2 rings (SSSR count). The predicted octanol–water partition coefficient (Wildman–Crippen LogP) is 3.13. The fourth-order valence-corrected chi connectivity index (χ4v) is 2.52. The van der Waals surface area contributed by atoms with Crippen molar-refractivity contribution in [2.75, 3.05) is 12.4 Å². The molecule has 0 amide bonds. The second-order valence-corrected chi connectivity index (χ2v) is 4.96. The minimum atomic E-state index is -0.572. The van der Waals surface area contributed by atoms with Crippen molar-refractivity contribution in [2.24, 2.45) is 0 Å². The summed E-state index contributed by atoms with van der Waals surface area (Å²) < 4.78 is 4.58. The topological polar surface area (TPSA) is 81.5 Å². The maximum Gasteiger partial charge on any atom is 0.338 e. The highest BCUT2D eigenvalue weighted by Gasteiger charge is 2.21. The molecular formula is C14H18N2O4. The van der Waals surface area contributed by atoms with Gasteiger partial charge < -0.3 is 10.1 Å². The maximum atomic E-state index is 11.4. The molecule has 1 fully saturated rings. The van der Waals surface area contributed by atoms with Gasteiger partial charge in [0.25, 0.3) is 5.69 Å². The number of carbonyl (C=O) groups is 1. The van der Waals surface area contributed by atoms with Crippen LogP contribution in [0, 0.1) is 10.1 Å². The van der Waals surface area contributed by atoms with Crippen LogP contribution < -0.4 is 5.32 Å². The molecule has 6 heteroatoms. The third kappa shape index (κ3) is 3.26. The van der Waals surface area contributed by atoms with Crippen LogP contribution in [0.3, 0.4) is 0 Å². The highest BCUT2D eigenvalue weighted by molar-refractivity contribution is 5.91. The number of esters is 1.